The van der Waals surface area contributed by atoms with Crippen LogP contribution in [0.5, 0.6) is 0 Å². The van der Waals surface area contributed by atoms with Gasteiger partial charge < -0.3 is 39.2 Å². The molecule has 13 nitrogen and oxygen atoms in total. The van der Waals surface area contributed by atoms with Crippen LogP contribution in [0.2, 0.25) is 0 Å². The standard InChI is InChI=1S/C45H59F3N6O7/c1-8-59-40(56)32-18-24-51(25-19-32)28-22-49-39(55)31-14-16-34(17-15-31)53(42(58)61-44(5,6)7)23-10-11-35-29-36-37(12-9-13-38(36)54(35)30-45(46,47)48)50-33-20-26-52(27-21-33)41(57)60-43(2,3)4/h9,12-17,29,32-33,50H,8,18-28,30H2,1-7H3,(H,49,55). The molecule has 0 bridgehead atoms. The van der Waals surface area contributed by atoms with Crippen LogP contribution < -0.4 is 15.5 Å². The molecule has 16 heteroatoms. The summed E-state index contributed by atoms with van der Waals surface area (Å²) in [6, 6.07) is 13.1. The fraction of sp³-hybridized carbons (Fsp3) is 0.556. The van der Waals surface area contributed by atoms with Crippen molar-refractivity contribution in [2.45, 2.75) is 104 Å². The van der Waals surface area contributed by atoms with E-state index in [4.69, 9.17) is 14.2 Å². The van der Waals surface area contributed by atoms with Crippen LogP contribution in [0.4, 0.5) is 34.1 Å². The minimum atomic E-state index is -4.54. The molecule has 0 atom stereocenters. The number of rotatable bonds is 11. The summed E-state index contributed by atoms with van der Waals surface area (Å²) in [4.78, 5) is 56.3. The Bertz CT molecular complexity index is 2060. The van der Waals surface area contributed by atoms with E-state index in [2.05, 4.69) is 27.4 Å². The molecule has 332 valence electrons. The highest BCUT2D eigenvalue weighted by atomic mass is 19.4. The number of carbonyl (C=O) groups is 4. The lowest BCUT2D eigenvalue weighted by Crippen LogP contribution is -2.44. The van der Waals surface area contributed by atoms with E-state index in [9.17, 15) is 32.3 Å². The molecule has 3 heterocycles. The largest absolute Gasteiger partial charge is 0.466 e. The fourth-order valence-electron chi connectivity index (χ4n) is 7.28. The Morgan fingerprint density at radius 2 is 1.52 bits per heavy atom. The molecule has 0 unspecified atom stereocenters. The Kier molecular flexibility index (Phi) is 15.3. The number of halogens is 3. The maximum atomic E-state index is 14.0. The molecule has 3 amide bonds. The average molecular weight is 853 g/mol. The lowest BCUT2D eigenvalue weighted by atomic mass is 9.97. The van der Waals surface area contributed by atoms with Crippen LogP contribution in [0.3, 0.4) is 0 Å². The summed E-state index contributed by atoms with van der Waals surface area (Å²) >= 11 is 0. The summed E-state index contributed by atoms with van der Waals surface area (Å²) in [7, 11) is 0. The number of likely N-dealkylation sites (tertiary alicyclic amines) is 2. The number of benzene rings is 2. The molecule has 3 aromatic rings. The first-order valence-corrected chi connectivity index (χ1v) is 20.9. The van der Waals surface area contributed by atoms with Crippen LogP contribution in [0.1, 0.15) is 90.2 Å². The molecule has 61 heavy (non-hydrogen) atoms. The minimum absolute atomic E-state index is 0.0298. The normalized spacial score (nSPS) is 15.7. The molecule has 2 aliphatic heterocycles. The molecule has 2 fully saturated rings. The van der Waals surface area contributed by atoms with E-state index in [0.29, 0.717) is 86.3 Å². The van der Waals surface area contributed by atoms with Gasteiger partial charge in [0.2, 0.25) is 0 Å². The number of hydrogen-bond donors (Lipinski definition) is 2. The van der Waals surface area contributed by atoms with E-state index in [1.807, 2.05) is 26.8 Å². The van der Waals surface area contributed by atoms with Gasteiger partial charge in [-0.3, -0.25) is 14.5 Å². The van der Waals surface area contributed by atoms with E-state index < -0.39 is 30.0 Å². The second kappa shape index (κ2) is 20.0. The molecule has 0 radical (unpaired) electrons. The van der Waals surface area contributed by atoms with Crippen molar-refractivity contribution >= 4 is 46.3 Å². The van der Waals surface area contributed by atoms with Crippen molar-refractivity contribution in [2.24, 2.45) is 5.92 Å². The zero-order valence-corrected chi connectivity index (χ0v) is 36.2. The first-order valence-electron chi connectivity index (χ1n) is 20.9. The van der Waals surface area contributed by atoms with Crippen LogP contribution in [-0.2, 0) is 25.5 Å². The third-order valence-electron chi connectivity index (χ3n) is 10.2. The number of fused-ring (bicyclic) bond motifs is 1. The van der Waals surface area contributed by atoms with Crippen molar-refractivity contribution in [2.75, 3.05) is 62.6 Å². The van der Waals surface area contributed by atoms with Gasteiger partial charge in [-0.25, -0.2) is 9.59 Å². The molecular weight excluding hydrogens is 794 g/mol. The van der Waals surface area contributed by atoms with Gasteiger partial charge in [-0.1, -0.05) is 12.0 Å². The van der Waals surface area contributed by atoms with Crippen molar-refractivity contribution in [3.8, 4) is 11.8 Å². The summed E-state index contributed by atoms with van der Waals surface area (Å²) in [5.41, 5.74) is 0.383. The van der Waals surface area contributed by atoms with Crippen LogP contribution in [0.25, 0.3) is 10.9 Å². The SMILES string of the molecule is CCOC(=O)C1CCN(CCNC(=O)c2ccc(N(CC#Cc3cc4c(NC5CCN(C(=O)OC(C)(C)C)CC5)cccc4n3CC(F)(F)F)C(=O)OC(C)(C)C)cc2)CC1. The number of alkyl halides is 3. The van der Waals surface area contributed by atoms with E-state index in [1.54, 1.807) is 75.1 Å². The predicted octanol–water partition coefficient (Wildman–Crippen LogP) is 7.81. The van der Waals surface area contributed by atoms with Crippen LogP contribution >= 0.6 is 0 Å². The number of nitrogens with zero attached hydrogens (tertiary/aromatic N) is 4. The molecule has 1 aromatic heterocycles. The Balaban J connectivity index is 1.28. The van der Waals surface area contributed by atoms with Crippen molar-refractivity contribution in [1.29, 1.82) is 0 Å². The first-order chi connectivity index (χ1) is 28.7. The maximum absolute atomic E-state index is 14.0. The second-order valence-corrected chi connectivity index (χ2v) is 17.4. The second-order valence-electron chi connectivity index (χ2n) is 17.4. The molecule has 0 aliphatic carbocycles. The molecule has 2 aliphatic rings. The summed E-state index contributed by atoms with van der Waals surface area (Å²) < 4.78 is 59.4. The number of amides is 3. The van der Waals surface area contributed by atoms with Crippen LogP contribution in [0, 0.1) is 17.8 Å². The monoisotopic (exact) mass is 852 g/mol. The van der Waals surface area contributed by atoms with Gasteiger partial charge in [0.25, 0.3) is 5.91 Å². The number of aromatic nitrogens is 1. The van der Waals surface area contributed by atoms with Crippen molar-refractivity contribution in [3.63, 3.8) is 0 Å². The summed E-state index contributed by atoms with van der Waals surface area (Å²) in [6.07, 6.45) is -2.97. The zero-order valence-electron chi connectivity index (χ0n) is 36.2. The summed E-state index contributed by atoms with van der Waals surface area (Å²) in [5.74, 6) is 5.25. The first kappa shape index (κ1) is 46.6. The van der Waals surface area contributed by atoms with Gasteiger partial charge in [-0.05, 0) is 136 Å². The van der Waals surface area contributed by atoms with Crippen LogP contribution in [-0.4, -0.2) is 114 Å². The Morgan fingerprint density at radius 1 is 0.869 bits per heavy atom. The lowest BCUT2D eigenvalue weighted by Gasteiger charge is -2.34. The van der Waals surface area contributed by atoms with E-state index in [-0.39, 0.29) is 42.2 Å². The third-order valence-corrected chi connectivity index (χ3v) is 10.2. The Morgan fingerprint density at radius 3 is 2.13 bits per heavy atom. The average Bonchev–Trinajstić information content (AvgIpc) is 3.52. The smallest absolute Gasteiger partial charge is 0.415 e. The minimum Gasteiger partial charge on any atom is -0.466 e. The van der Waals surface area contributed by atoms with Gasteiger partial charge in [0, 0.05) is 54.5 Å². The highest BCUT2D eigenvalue weighted by Crippen LogP contribution is 2.32. The topological polar surface area (TPSA) is 135 Å². The molecule has 2 aromatic carbocycles. The molecule has 2 N–H and O–H groups in total. The zero-order chi connectivity index (χ0) is 44.5. The highest BCUT2D eigenvalue weighted by molar-refractivity contribution is 5.96. The van der Waals surface area contributed by atoms with Gasteiger partial charge in [0.05, 0.1) is 30.3 Å². The number of ether oxygens (including phenoxy) is 3. The quantitative estimate of drug-likeness (QED) is 0.113. The number of hydrogen-bond acceptors (Lipinski definition) is 9. The number of nitrogens with one attached hydrogen (secondary N) is 2. The Labute approximate surface area is 356 Å². The van der Waals surface area contributed by atoms with Gasteiger partial charge in [0.15, 0.2) is 0 Å². The van der Waals surface area contributed by atoms with Gasteiger partial charge in [-0.2, -0.15) is 13.2 Å². The third kappa shape index (κ3) is 13.8. The lowest BCUT2D eigenvalue weighted by molar-refractivity contribution is -0.149. The number of anilines is 2. The predicted molar refractivity (Wildman–Crippen MR) is 227 cm³/mol. The molecule has 0 saturated carbocycles. The maximum Gasteiger partial charge on any atom is 0.415 e. The van der Waals surface area contributed by atoms with Crippen LogP contribution in [0.15, 0.2) is 48.5 Å². The fourth-order valence-corrected chi connectivity index (χ4v) is 7.28. The number of esters is 1. The molecule has 0 spiro atoms. The van der Waals surface area contributed by atoms with Crippen molar-refractivity contribution < 1.29 is 46.6 Å². The van der Waals surface area contributed by atoms with Gasteiger partial charge >= 0.3 is 24.3 Å². The Hall–Kier alpha value is -5.43. The molecular formula is C45H59F3N6O7. The van der Waals surface area contributed by atoms with Gasteiger partial charge in [-0.15, -0.1) is 0 Å². The van der Waals surface area contributed by atoms with Crippen molar-refractivity contribution in [3.05, 3.63) is 59.8 Å². The van der Waals surface area contributed by atoms with Crippen molar-refractivity contribution in [1.82, 2.24) is 19.7 Å². The van der Waals surface area contributed by atoms with E-state index in [1.165, 1.54) is 4.90 Å². The molecule has 5 rings (SSSR count). The highest BCUT2D eigenvalue weighted by Gasteiger charge is 2.31. The summed E-state index contributed by atoms with van der Waals surface area (Å²) in [6.45, 7) is 14.7. The van der Waals surface area contributed by atoms with E-state index >= 15 is 0 Å². The van der Waals surface area contributed by atoms with Gasteiger partial charge in [0.1, 0.15) is 17.7 Å². The number of piperidine rings is 2. The molecule has 2 saturated heterocycles. The number of carbonyl (C=O) groups excluding carboxylic acids is 4. The summed E-state index contributed by atoms with van der Waals surface area (Å²) in [5, 5.41) is 6.96. The van der Waals surface area contributed by atoms with E-state index in [0.717, 1.165) is 17.7 Å².